The number of aliphatic hydroxyl groups excluding tert-OH is 1. The van der Waals surface area contributed by atoms with Crippen LogP contribution in [0.1, 0.15) is 42.9 Å². The monoisotopic (exact) mass is 302 g/mol. The lowest BCUT2D eigenvalue weighted by molar-refractivity contribution is -0.121. The molecule has 0 aliphatic carbocycles. The van der Waals surface area contributed by atoms with Crippen LogP contribution in [0.25, 0.3) is 0 Å². The molecule has 1 N–H and O–H groups in total. The average Bonchev–Trinajstić information content (AvgIpc) is 2.54. The number of likely N-dealkylation sites (tertiary alicyclic amines) is 1. The van der Waals surface area contributed by atoms with Crippen molar-refractivity contribution >= 4 is 11.5 Å². The number of aryl methyl sites for hydroxylation is 1. The minimum atomic E-state index is -0.407. The van der Waals surface area contributed by atoms with Crippen molar-refractivity contribution in [2.45, 2.75) is 38.2 Å². The summed E-state index contributed by atoms with van der Waals surface area (Å²) in [5.41, 5.74) is 3.69. The van der Waals surface area contributed by atoms with E-state index in [0.29, 0.717) is 18.6 Å². The summed E-state index contributed by atoms with van der Waals surface area (Å²) in [6, 6.07) is 6.38. The van der Waals surface area contributed by atoms with E-state index >= 15 is 0 Å². The number of carbonyl (C=O) groups excluding carboxylic acids is 1. The van der Waals surface area contributed by atoms with Crippen molar-refractivity contribution in [2.75, 3.05) is 38.1 Å². The highest BCUT2D eigenvalue weighted by Crippen LogP contribution is 2.29. The van der Waals surface area contributed by atoms with Gasteiger partial charge in [-0.15, -0.1) is 0 Å². The summed E-state index contributed by atoms with van der Waals surface area (Å²) in [5, 5.41) is 10.5. The SMILES string of the molecule is CN1CCCc2cc(C(O)CCN3CCC(=O)CC3)ccc21. The molecule has 3 rings (SSSR count). The van der Waals surface area contributed by atoms with Crippen LogP contribution >= 0.6 is 0 Å². The molecular weight excluding hydrogens is 276 g/mol. The van der Waals surface area contributed by atoms with Crippen LogP contribution in [-0.4, -0.2) is 49.0 Å². The van der Waals surface area contributed by atoms with Gasteiger partial charge in [-0.2, -0.15) is 0 Å². The third kappa shape index (κ3) is 3.50. The second-order valence-corrected chi connectivity index (χ2v) is 6.60. The van der Waals surface area contributed by atoms with E-state index in [0.717, 1.165) is 44.6 Å². The largest absolute Gasteiger partial charge is 0.388 e. The second-order valence-electron chi connectivity index (χ2n) is 6.60. The zero-order valence-corrected chi connectivity index (χ0v) is 13.4. The Hall–Kier alpha value is -1.39. The maximum Gasteiger partial charge on any atom is 0.135 e. The zero-order valence-electron chi connectivity index (χ0n) is 13.4. The Morgan fingerprint density at radius 2 is 1.95 bits per heavy atom. The van der Waals surface area contributed by atoms with Crippen molar-refractivity contribution < 1.29 is 9.90 Å². The van der Waals surface area contributed by atoms with Gasteiger partial charge in [0.25, 0.3) is 0 Å². The van der Waals surface area contributed by atoms with Crippen LogP contribution in [0.15, 0.2) is 18.2 Å². The fourth-order valence-electron chi connectivity index (χ4n) is 3.51. The van der Waals surface area contributed by atoms with Gasteiger partial charge in [0.2, 0.25) is 0 Å². The lowest BCUT2D eigenvalue weighted by Gasteiger charge is -2.29. The number of Topliss-reactive ketones (excluding diaryl/α,β-unsaturated/α-hetero) is 1. The van der Waals surface area contributed by atoms with Crippen LogP contribution in [0.2, 0.25) is 0 Å². The third-order valence-corrected chi connectivity index (χ3v) is 4.97. The van der Waals surface area contributed by atoms with Crippen molar-refractivity contribution in [1.82, 2.24) is 4.90 Å². The Kier molecular flexibility index (Phi) is 4.79. The van der Waals surface area contributed by atoms with Gasteiger partial charge in [-0.1, -0.05) is 12.1 Å². The summed E-state index contributed by atoms with van der Waals surface area (Å²) in [5.74, 6) is 0.371. The molecule has 4 nitrogen and oxygen atoms in total. The second kappa shape index (κ2) is 6.80. The molecule has 0 saturated carbocycles. The van der Waals surface area contributed by atoms with Crippen molar-refractivity contribution in [2.24, 2.45) is 0 Å². The number of piperidine rings is 1. The van der Waals surface area contributed by atoms with Crippen molar-refractivity contribution in [3.8, 4) is 0 Å². The fourth-order valence-corrected chi connectivity index (χ4v) is 3.51. The summed E-state index contributed by atoms with van der Waals surface area (Å²) in [4.78, 5) is 15.8. The Morgan fingerprint density at radius 1 is 1.18 bits per heavy atom. The fraction of sp³-hybridized carbons (Fsp3) is 0.611. The number of hydrogen-bond acceptors (Lipinski definition) is 4. The molecule has 1 atom stereocenters. The lowest BCUT2D eigenvalue weighted by atomic mass is 9.96. The Bertz CT molecular complexity index is 534. The molecule has 120 valence electrons. The molecule has 1 saturated heterocycles. The standard InChI is InChI=1S/C18H26N2O2/c1-19-9-2-3-14-13-15(4-5-17(14)19)18(22)8-12-20-10-6-16(21)7-11-20/h4-5,13,18,22H,2-3,6-12H2,1H3. The van der Waals surface area contributed by atoms with Gasteiger partial charge in [0.15, 0.2) is 0 Å². The van der Waals surface area contributed by atoms with Crippen LogP contribution in [0.3, 0.4) is 0 Å². The molecule has 1 unspecified atom stereocenters. The van der Waals surface area contributed by atoms with Crippen molar-refractivity contribution in [3.05, 3.63) is 29.3 Å². The quantitative estimate of drug-likeness (QED) is 0.925. The van der Waals surface area contributed by atoms with Crippen LogP contribution in [0.4, 0.5) is 5.69 Å². The van der Waals surface area contributed by atoms with Crippen LogP contribution in [-0.2, 0) is 11.2 Å². The van der Waals surface area contributed by atoms with E-state index in [1.807, 2.05) is 0 Å². The summed E-state index contributed by atoms with van der Waals surface area (Å²) in [6.07, 6.45) is 3.96. The molecule has 1 aromatic carbocycles. The van der Waals surface area contributed by atoms with Gasteiger partial charge in [0.1, 0.15) is 5.78 Å². The number of nitrogens with zero attached hydrogens (tertiary/aromatic N) is 2. The number of anilines is 1. The average molecular weight is 302 g/mol. The maximum absolute atomic E-state index is 11.3. The molecule has 1 aromatic rings. The highest BCUT2D eigenvalue weighted by Gasteiger charge is 2.19. The predicted molar refractivity (Wildman–Crippen MR) is 88.3 cm³/mol. The number of aliphatic hydroxyl groups is 1. The summed E-state index contributed by atoms with van der Waals surface area (Å²) < 4.78 is 0. The normalized spacial score (nSPS) is 20.8. The van der Waals surface area contributed by atoms with Crippen LogP contribution in [0.5, 0.6) is 0 Å². The molecule has 2 aliphatic heterocycles. The first-order chi connectivity index (χ1) is 10.6. The minimum Gasteiger partial charge on any atom is -0.388 e. The maximum atomic E-state index is 11.3. The van der Waals surface area contributed by atoms with Gasteiger partial charge in [-0.3, -0.25) is 4.79 Å². The van der Waals surface area contributed by atoms with E-state index in [1.165, 1.54) is 17.7 Å². The summed E-state index contributed by atoms with van der Waals surface area (Å²) in [7, 11) is 2.13. The van der Waals surface area contributed by atoms with Crippen LogP contribution in [0, 0.1) is 0 Å². The number of benzene rings is 1. The van der Waals surface area contributed by atoms with E-state index in [1.54, 1.807) is 0 Å². The molecule has 4 heteroatoms. The molecule has 0 aromatic heterocycles. The van der Waals surface area contributed by atoms with Gasteiger partial charge in [-0.05, 0) is 36.5 Å². The lowest BCUT2D eigenvalue weighted by Crippen LogP contribution is -2.35. The number of rotatable bonds is 4. The number of carbonyl (C=O) groups is 1. The van der Waals surface area contributed by atoms with Gasteiger partial charge >= 0.3 is 0 Å². The first-order valence-electron chi connectivity index (χ1n) is 8.39. The van der Waals surface area contributed by atoms with E-state index in [4.69, 9.17) is 0 Å². The molecule has 0 spiro atoms. The minimum absolute atomic E-state index is 0.371. The van der Waals surface area contributed by atoms with Gasteiger partial charge < -0.3 is 14.9 Å². The molecule has 0 radical (unpaired) electrons. The highest BCUT2D eigenvalue weighted by molar-refractivity contribution is 5.79. The van der Waals surface area contributed by atoms with Crippen molar-refractivity contribution in [3.63, 3.8) is 0 Å². The van der Waals surface area contributed by atoms with Gasteiger partial charge in [0.05, 0.1) is 6.10 Å². The summed E-state index contributed by atoms with van der Waals surface area (Å²) >= 11 is 0. The van der Waals surface area contributed by atoms with E-state index in [-0.39, 0.29) is 0 Å². The topological polar surface area (TPSA) is 43.8 Å². The highest BCUT2D eigenvalue weighted by atomic mass is 16.3. The molecular formula is C18H26N2O2. The molecule has 1 fully saturated rings. The Balaban J connectivity index is 1.58. The molecule has 22 heavy (non-hydrogen) atoms. The van der Waals surface area contributed by atoms with Gasteiger partial charge in [-0.25, -0.2) is 0 Å². The van der Waals surface area contributed by atoms with E-state index < -0.39 is 6.10 Å². The van der Waals surface area contributed by atoms with Crippen molar-refractivity contribution in [1.29, 1.82) is 0 Å². The first kappa shape index (κ1) is 15.5. The molecule has 2 heterocycles. The first-order valence-corrected chi connectivity index (χ1v) is 8.39. The number of hydrogen-bond donors (Lipinski definition) is 1. The molecule has 0 amide bonds. The zero-order chi connectivity index (χ0) is 15.5. The van der Waals surface area contributed by atoms with E-state index in [2.05, 4.69) is 35.0 Å². The number of fused-ring (bicyclic) bond motifs is 1. The Labute approximate surface area is 132 Å². The number of ketones is 1. The smallest absolute Gasteiger partial charge is 0.135 e. The van der Waals surface area contributed by atoms with Crippen LogP contribution < -0.4 is 4.90 Å². The Morgan fingerprint density at radius 3 is 2.73 bits per heavy atom. The molecule has 0 bridgehead atoms. The summed E-state index contributed by atoms with van der Waals surface area (Å²) in [6.45, 7) is 3.68. The van der Waals surface area contributed by atoms with Gasteiger partial charge in [0, 0.05) is 51.8 Å². The van der Waals surface area contributed by atoms with E-state index in [9.17, 15) is 9.90 Å². The predicted octanol–water partition coefficient (Wildman–Crippen LogP) is 2.16. The third-order valence-electron chi connectivity index (χ3n) is 4.97. The molecule has 2 aliphatic rings.